The second kappa shape index (κ2) is 8.90. The molecule has 5 nitrogen and oxygen atoms in total. The molecule has 0 unspecified atom stereocenters. The molecule has 0 aromatic heterocycles. The zero-order valence-electron chi connectivity index (χ0n) is 3.16. The molecule has 0 aromatic rings. The summed E-state index contributed by atoms with van der Waals surface area (Å²) in [4.78, 5) is 8.36. The fourth-order valence-electron chi connectivity index (χ4n) is 0. The monoisotopic (exact) mass is 95.0 g/mol. The highest BCUT2D eigenvalue weighted by atomic mass is 16.9. The van der Waals surface area contributed by atoms with Gasteiger partial charge >= 0.3 is 0 Å². The van der Waals surface area contributed by atoms with Gasteiger partial charge in [0.25, 0.3) is 5.09 Å². The summed E-state index contributed by atoms with van der Waals surface area (Å²) in [6.07, 6.45) is 0. The lowest BCUT2D eigenvalue weighted by molar-refractivity contribution is -0.742. The fraction of sp³-hybridized carbons (Fsp3) is 1.00. The van der Waals surface area contributed by atoms with Gasteiger partial charge in [-0.3, -0.25) is 0 Å². The Bertz CT molecular complexity index is 30.5. The van der Waals surface area contributed by atoms with Gasteiger partial charge in [0.2, 0.25) is 0 Å². The highest BCUT2D eigenvalue weighted by Crippen LogP contribution is 1.38. The van der Waals surface area contributed by atoms with Gasteiger partial charge in [-0.05, 0) is 0 Å². The molecule has 0 aliphatic heterocycles. The van der Waals surface area contributed by atoms with Crippen molar-refractivity contribution in [2.45, 2.75) is 0 Å². The van der Waals surface area contributed by atoms with Gasteiger partial charge in [0, 0.05) is 7.11 Å². The van der Waals surface area contributed by atoms with Gasteiger partial charge in [0.15, 0.2) is 0 Å². The number of nitrogens with zero attached hydrogens (tertiary/aromatic N) is 1. The predicted molar refractivity (Wildman–Crippen MR) is 16.9 cm³/mol. The molecule has 0 fully saturated rings. The van der Waals surface area contributed by atoms with Crippen LogP contribution in [0.25, 0.3) is 0 Å². The molecule has 6 heavy (non-hydrogen) atoms. The molecule has 0 bridgehead atoms. The summed E-state index contributed by atoms with van der Waals surface area (Å²) in [5.74, 6) is 0. The minimum absolute atomic E-state index is 1.00. The first kappa shape index (κ1) is 8.94. The smallest absolute Gasteiger partial charge is 0.291 e. The Hall–Kier alpha value is -0.840. The van der Waals surface area contributed by atoms with Gasteiger partial charge in [-0.15, -0.1) is 10.1 Å². The van der Waals surface area contributed by atoms with Crippen molar-refractivity contribution >= 4 is 0 Å². The second-order valence-corrected chi connectivity index (χ2v) is 0.238. The first-order chi connectivity index (χ1) is 2.73. The third-order valence-corrected chi connectivity index (χ3v) is 0. The van der Waals surface area contributed by atoms with Crippen LogP contribution in [0.4, 0.5) is 0 Å². The number of hydrogen-bond acceptors (Lipinski definition) is 3. The van der Waals surface area contributed by atoms with E-state index in [1.807, 2.05) is 0 Å². The van der Waals surface area contributed by atoms with Crippen LogP contribution in [0.1, 0.15) is 0 Å². The maximum absolute atomic E-state index is 8.36. The van der Waals surface area contributed by atoms with Crippen molar-refractivity contribution < 1.29 is 15.4 Å². The van der Waals surface area contributed by atoms with Crippen molar-refractivity contribution in [1.82, 2.24) is 0 Å². The van der Waals surface area contributed by atoms with Crippen LogP contribution in [0.2, 0.25) is 0 Å². The van der Waals surface area contributed by atoms with E-state index in [0.717, 1.165) is 7.11 Å². The molecule has 0 saturated heterocycles. The Morgan fingerprint density at radius 1 is 1.67 bits per heavy atom. The Labute approximate surface area is 33.9 Å². The zero-order chi connectivity index (χ0) is 5.58. The predicted octanol–water partition coefficient (Wildman–Crippen LogP) is -0.739. The Morgan fingerprint density at radius 2 is 1.67 bits per heavy atom. The van der Waals surface area contributed by atoms with Crippen molar-refractivity contribution in [2.24, 2.45) is 0 Å². The van der Waals surface area contributed by atoms with Gasteiger partial charge < -0.3 is 10.3 Å². The number of hydrogen-bond donors (Lipinski definition) is 2. The second-order valence-electron chi connectivity index (χ2n) is 0.238. The highest BCUT2D eigenvalue weighted by molar-refractivity contribution is 3.83. The molecule has 0 spiro atoms. The maximum atomic E-state index is 8.36. The summed E-state index contributed by atoms with van der Waals surface area (Å²) in [5, 5.41) is 20.6. The van der Waals surface area contributed by atoms with Crippen LogP contribution in [0.3, 0.4) is 0 Å². The van der Waals surface area contributed by atoms with E-state index in [9.17, 15) is 0 Å². The summed E-state index contributed by atoms with van der Waals surface area (Å²) < 4.78 is 0. The molecule has 0 radical (unpaired) electrons. The molecule has 0 aliphatic rings. The molecule has 0 aliphatic carbocycles. The number of aliphatic hydroxyl groups excluding tert-OH is 1. The largest absolute Gasteiger partial charge is 0.400 e. The molecular formula is CH5NO4. The van der Waals surface area contributed by atoms with E-state index in [4.69, 9.17) is 20.4 Å². The number of rotatable bonds is 0. The van der Waals surface area contributed by atoms with Crippen LogP contribution in [0.15, 0.2) is 0 Å². The SMILES string of the molecule is CO.O=[N+]([O-])O. The third-order valence-electron chi connectivity index (χ3n) is 0. The van der Waals surface area contributed by atoms with Crippen molar-refractivity contribution in [2.75, 3.05) is 7.11 Å². The standard InChI is InChI=1S/CH4O.HNO3/c1-2;2-1(3)4/h2H,1H3;(H,2,3,4). The van der Waals surface area contributed by atoms with Crippen molar-refractivity contribution in [1.29, 1.82) is 0 Å². The summed E-state index contributed by atoms with van der Waals surface area (Å²) in [6.45, 7) is 0. The van der Waals surface area contributed by atoms with Crippen molar-refractivity contribution in [3.8, 4) is 0 Å². The number of aliphatic hydroxyl groups is 1. The first-order valence-electron chi connectivity index (χ1n) is 1.01. The molecule has 0 atom stereocenters. The van der Waals surface area contributed by atoms with Crippen molar-refractivity contribution in [3.63, 3.8) is 0 Å². The third kappa shape index (κ3) is 20.9. The van der Waals surface area contributed by atoms with E-state index in [2.05, 4.69) is 0 Å². The molecule has 5 heteroatoms. The summed E-state index contributed by atoms with van der Waals surface area (Å²) in [6, 6.07) is 0. The minimum atomic E-state index is -1.50. The van der Waals surface area contributed by atoms with E-state index >= 15 is 0 Å². The molecule has 38 valence electrons. The molecule has 2 N–H and O–H groups in total. The molecule has 0 rings (SSSR count). The molecule has 0 aromatic carbocycles. The summed E-state index contributed by atoms with van der Waals surface area (Å²) in [5.41, 5.74) is 0. The van der Waals surface area contributed by atoms with E-state index < -0.39 is 5.09 Å². The molecule has 0 saturated carbocycles. The van der Waals surface area contributed by atoms with E-state index in [1.165, 1.54) is 0 Å². The fourth-order valence-corrected chi connectivity index (χ4v) is 0. The average molecular weight is 95.1 g/mol. The van der Waals surface area contributed by atoms with Crippen LogP contribution in [-0.4, -0.2) is 22.5 Å². The highest BCUT2D eigenvalue weighted by Gasteiger charge is 1.65. The molecule has 0 heterocycles. The van der Waals surface area contributed by atoms with Crippen molar-refractivity contribution in [3.05, 3.63) is 10.1 Å². The Kier molecular flexibility index (Phi) is 13.3. The van der Waals surface area contributed by atoms with Crippen LogP contribution >= 0.6 is 0 Å². The van der Waals surface area contributed by atoms with Gasteiger partial charge in [0.05, 0.1) is 0 Å². The summed E-state index contributed by atoms with van der Waals surface area (Å²) >= 11 is 0. The maximum Gasteiger partial charge on any atom is 0.291 e. The van der Waals surface area contributed by atoms with E-state index in [0.29, 0.717) is 0 Å². The Morgan fingerprint density at radius 3 is 1.67 bits per heavy atom. The summed E-state index contributed by atoms with van der Waals surface area (Å²) in [7, 11) is 1.00. The average Bonchev–Trinajstić information content (AvgIpc) is 1.41. The van der Waals surface area contributed by atoms with Crippen LogP contribution in [-0.2, 0) is 0 Å². The lowest BCUT2D eigenvalue weighted by atomic mass is 11.8. The minimum Gasteiger partial charge on any atom is -0.400 e. The normalized spacial score (nSPS) is 5.00. The van der Waals surface area contributed by atoms with E-state index in [-0.39, 0.29) is 0 Å². The molecule has 0 amide bonds. The first-order valence-corrected chi connectivity index (χ1v) is 1.01. The van der Waals surface area contributed by atoms with Gasteiger partial charge in [0.1, 0.15) is 0 Å². The van der Waals surface area contributed by atoms with Gasteiger partial charge in [-0.25, -0.2) is 0 Å². The van der Waals surface area contributed by atoms with E-state index in [1.54, 1.807) is 0 Å². The van der Waals surface area contributed by atoms with Crippen LogP contribution < -0.4 is 0 Å². The lowest BCUT2D eigenvalue weighted by Crippen LogP contribution is -1.81. The lowest BCUT2D eigenvalue weighted by Gasteiger charge is -1.56. The molecular weight excluding hydrogens is 90.0 g/mol. The zero-order valence-corrected chi connectivity index (χ0v) is 3.16. The van der Waals surface area contributed by atoms with Gasteiger partial charge in [-0.2, -0.15) is 0 Å². The van der Waals surface area contributed by atoms with Crippen LogP contribution in [0, 0.1) is 10.1 Å². The quantitative estimate of drug-likeness (QED) is 0.306. The van der Waals surface area contributed by atoms with Gasteiger partial charge in [-0.1, -0.05) is 0 Å². The Balaban J connectivity index is 0. The van der Waals surface area contributed by atoms with Crippen LogP contribution in [0.5, 0.6) is 0 Å². The topological polar surface area (TPSA) is 83.6 Å².